The summed E-state index contributed by atoms with van der Waals surface area (Å²) in [5.74, 6) is -2.34. The van der Waals surface area contributed by atoms with Crippen molar-refractivity contribution in [3.8, 4) is 5.75 Å². The highest BCUT2D eigenvalue weighted by atomic mass is 35.5. The normalized spacial score (nSPS) is 26.2. The van der Waals surface area contributed by atoms with Gasteiger partial charge in [-0.25, -0.2) is 4.90 Å². The topological polar surface area (TPSA) is 84.0 Å². The zero-order valence-electron chi connectivity index (χ0n) is 18.5. The van der Waals surface area contributed by atoms with Crippen molar-refractivity contribution < 1.29 is 23.9 Å². The fourth-order valence-electron chi connectivity index (χ4n) is 5.05. The fourth-order valence-corrected chi connectivity index (χ4v) is 5.23. The zero-order chi connectivity index (χ0) is 24.0. The molecule has 2 aliphatic heterocycles. The van der Waals surface area contributed by atoms with E-state index in [1.165, 1.54) is 15.9 Å². The highest BCUT2D eigenvalue weighted by Gasteiger charge is 2.50. The van der Waals surface area contributed by atoms with Crippen molar-refractivity contribution in [3.63, 3.8) is 0 Å². The summed E-state index contributed by atoms with van der Waals surface area (Å²) in [5.41, 5.74) is 1.01. The number of halogens is 1. The summed E-state index contributed by atoms with van der Waals surface area (Å²) in [5, 5.41) is 0.504. The minimum Gasteiger partial charge on any atom is -0.426 e. The van der Waals surface area contributed by atoms with Gasteiger partial charge in [0.1, 0.15) is 5.75 Å². The van der Waals surface area contributed by atoms with E-state index in [2.05, 4.69) is 0 Å². The van der Waals surface area contributed by atoms with Crippen LogP contribution in [0.2, 0.25) is 5.02 Å². The second kappa shape index (κ2) is 8.72. The number of rotatable bonds is 4. The zero-order valence-corrected chi connectivity index (χ0v) is 19.3. The molecule has 0 N–H and O–H groups in total. The summed E-state index contributed by atoms with van der Waals surface area (Å²) in [6.07, 6.45) is 4.50. The van der Waals surface area contributed by atoms with Crippen molar-refractivity contribution in [2.45, 2.75) is 19.8 Å². The smallest absolute Gasteiger partial charge is 0.316 e. The number of carbonyl (C=O) groups is 4. The van der Waals surface area contributed by atoms with E-state index in [4.69, 9.17) is 16.3 Å². The van der Waals surface area contributed by atoms with E-state index in [-0.39, 0.29) is 54.2 Å². The molecule has 3 amide bonds. The predicted octanol–water partition coefficient (Wildman–Crippen LogP) is 4.00. The van der Waals surface area contributed by atoms with E-state index in [1.807, 2.05) is 19.1 Å². The Balaban J connectivity index is 1.30. The average molecular weight is 479 g/mol. The number of amides is 3. The van der Waals surface area contributed by atoms with Crippen LogP contribution in [0.25, 0.3) is 0 Å². The summed E-state index contributed by atoms with van der Waals surface area (Å²) < 4.78 is 5.56. The van der Waals surface area contributed by atoms with E-state index in [1.54, 1.807) is 42.5 Å². The molecule has 2 saturated heterocycles. The first kappa shape index (κ1) is 22.3. The first-order chi connectivity index (χ1) is 16.3. The van der Waals surface area contributed by atoms with Crippen LogP contribution in [-0.4, -0.2) is 30.2 Å². The van der Waals surface area contributed by atoms with Crippen molar-refractivity contribution in [3.05, 3.63) is 65.7 Å². The number of allylic oxidation sites excluding steroid dienone is 2. The molecule has 0 aromatic heterocycles. The highest BCUT2D eigenvalue weighted by molar-refractivity contribution is 6.31. The molecule has 5 rings (SSSR count). The SMILES string of the molecule is C[C@@H]1C=CC[C@@H]2C(=O)N(c3cccc(OC(=O)[C@H]4CC(=O)N(c5cccc(Cl)c5)C4)c3)C(=O)[C@H]12. The number of ether oxygens (including phenoxy) is 1. The van der Waals surface area contributed by atoms with E-state index < -0.39 is 11.9 Å². The maximum Gasteiger partial charge on any atom is 0.316 e. The Bertz CT molecular complexity index is 1230. The maximum absolute atomic E-state index is 13.0. The molecule has 7 nitrogen and oxygen atoms in total. The van der Waals surface area contributed by atoms with Gasteiger partial charge in [-0.2, -0.15) is 0 Å². The summed E-state index contributed by atoms with van der Waals surface area (Å²) in [6, 6.07) is 13.3. The Hall–Kier alpha value is -3.45. The van der Waals surface area contributed by atoms with Gasteiger partial charge in [0.25, 0.3) is 0 Å². The number of imide groups is 1. The van der Waals surface area contributed by atoms with Crippen LogP contribution < -0.4 is 14.5 Å². The molecule has 8 heteroatoms. The van der Waals surface area contributed by atoms with Gasteiger partial charge < -0.3 is 9.64 Å². The van der Waals surface area contributed by atoms with Crippen LogP contribution in [-0.2, 0) is 19.2 Å². The first-order valence-corrected chi connectivity index (χ1v) is 11.6. The van der Waals surface area contributed by atoms with Crippen LogP contribution in [0.5, 0.6) is 5.75 Å². The summed E-state index contributed by atoms with van der Waals surface area (Å²) in [4.78, 5) is 54.1. The van der Waals surface area contributed by atoms with Gasteiger partial charge in [0.05, 0.1) is 23.4 Å². The number of fused-ring (bicyclic) bond motifs is 1. The lowest BCUT2D eigenvalue weighted by atomic mass is 9.78. The van der Waals surface area contributed by atoms with Crippen molar-refractivity contribution in [1.29, 1.82) is 0 Å². The van der Waals surface area contributed by atoms with Gasteiger partial charge >= 0.3 is 5.97 Å². The molecule has 0 spiro atoms. The fraction of sp³-hybridized carbons (Fsp3) is 0.308. The lowest BCUT2D eigenvalue weighted by Crippen LogP contribution is -2.31. The highest BCUT2D eigenvalue weighted by Crippen LogP contribution is 2.41. The molecule has 174 valence electrons. The molecule has 0 unspecified atom stereocenters. The predicted molar refractivity (Wildman–Crippen MR) is 126 cm³/mol. The standard InChI is InChI=1S/C26H23ClN2O5/c1-15-5-2-10-21-23(15)25(32)29(24(21)31)19-8-4-9-20(13-19)34-26(33)16-11-22(30)28(14-16)18-7-3-6-17(27)12-18/h2-9,12-13,15-16,21,23H,10-11,14H2,1H3/t15-,16+,21+,23-/m1/s1. The molecule has 0 radical (unpaired) electrons. The molecule has 3 aliphatic rings. The molecule has 34 heavy (non-hydrogen) atoms. The van der Waals surface area contributed by atoms with E-state index in [0.717, 1.165) is 0 Å². The van der Waals surface area contributed by atoms with Gasteiger partial charge in [0, 0.05) is 29.7 Å². The molecule has 0 bridgehead atoms. The van der Waals surface area contributed by atoms with Crippen LogP contribution in [0.4, 0.5) is 11.4 Å². The number of esters is 1. The number of nitrogens with zero attached hydrogens (tertiary/aromatic N) is 2. The molecular formula is C26H23ClN2O5. The number of hydrogen-bond acceptors (Lipinski definition) is 5. The van der Waals surface area contributed by atoms with E-state index >= 15 is 0 Å². The Morgan fingerprint density at radius 1 is 1.03 bits per heavy atom. The average Bonchev–Trinajstić information content (AvgIpc) is 3.32. The minimum atomic E-state index is -0.639. The van der Waals surface area contributed by atoms with Gasteiger partial charge in [-0.1, -0.05) is 42.8 Å². The molecule has 2 heterocycles. The second-order valence-corrected chi connectivity index (χ2v) is 9.41. The minimum absolute atomic E-state index is 0.0106. The molecular weight excluding hydrogens is 456 g/mol. The van der Waals surface area contributed by atoms with E-state index in [0.29, 0.717) is 22.8 Å². The summed E-state index contributed by atoms with van der Waals surface area (Å²) >= 11 is 6.03. The third-order valence-corrected chi connectivity index (χ3v) is 6.98. The van der Waals surface area contributed by atoms with E-state index in [9.17, 15) is 19.2 Å². The van der Waals surface area contributed by atoms with Gasteiger partial charge in [0.2, 0.25) is 17.7 Å². The van der Waals surface area contributed by atoms with Crippen molar-refractivity contribution in [2.75, 3.05) is 16.3 Å². The Kier molecular flexibility index (Phi) is 5.73. The monoisotopic (exact) mass is 478 g/mol. The second-order valence-electron chi connectivity index (χ2n) is 8.97. The van der Waals surface area contributed by atoms with Crippen LogP contribution in [0.3, 0.4) is 0 Å². The van der Waals surface area contributed by atoms with Crippen LogP contribution in [0.15, 0.2) is 60.7 Å². The molecule has 1 aliphatic carbocycles. The van der Waals surface area contributed by atoms with Gasteiger partial charge in [-0.3, -0.25) is 19.2 Å². The van der Waals surface area contributed by atoms with Gasteiger partial charge in [-0.15, -0.1) is 0 Å². The lowest BCUT2D eigenvalue weighted by molar-refractivity contribution is -0.139. The Morgan fingerprint density at radius 2 is 1.79 bits per heavy atom. The van der Waals surface area contributed by atoms with Crippen LogP contribution in [0.1, 0.15) is 19.8 Å². The molecule has 2 aromatic rings. The number of carbonyl (C=O) groups excluding carboxylic acids is 4. The van der Waals surface area contributed by atoms with Gasteiger partial charge in [-0.05, 0) is 42.7 Å². The van der Waals surface area contributed by atoms with Crippen LogP contribution >= 0.6 is 11.6 Å². The van der Waals surface area contributed by atoms with Crippen molar-refractivity contribution >= 4 is 46.7 Å². The third kappa shape index (κ3) is 3.90. The first-order valence-electron chi connectivity index (χ1n) is 11.3. The number of hydrogen-bond donors (Lipinski definition) is 0. The summed E-state index contributed by atoms with van der Waals surface area (Å²) in [7, 11) is 0. The molecule has 2 aromatic carbocycles. The van der Waals surface area contributed by atoms with Crippen molar-refractivity contribution in [1.82, 2.24) is 0 Å². The quantitative estimate of drug-likeness (QED) is 0.287. The maximum atomic E-state index is 13.0. The Morgan fingerprint density at radius 3 is 2.56 bits per heavy atom. The largest absolute Gasteiger partial charge is 0.426 e. The molecule has 0 saturated carbocycles. The van der Waals surface area contributed by atoms with Crippen molar-refractivity contribution in [2.24, 2.45) is 23.7 Å². The van der Waals surface area contributed by atoms with Gasteiger partial charge in [0.15, 0.2) is 0 Å². The summed E-state index contributed by atoms with van der Waals surface area (Å²) in [6.45, 7) is 2.13. The van der Waals surface area contributed by atoms with Crippen LogP contribution in [0, 0.1) is 23.7 Å². The number of anilines is 2. The molecule has 2 fully saturated rings. The number of benzene rings is 2. The lowest BCUT2D eigenvalue weighted by Gasteiger charge is -2.22. The third-order valence-electron chi connectivity index (χ3n) is 6.75. The molecule has 4 atom stereocenters. The Labute approximate surface area is 201 Å².